The van der Waals surface area contributed by atoms with Crippen LogP contribution >= 0.6 is 0 Å². The molecule has 3 aliphatic heterocycles. The SMILES string of the molecule is CC1(C)[C@H](NC(=O)c2ccc(CCCN3CCN(c4ccc5c(c4)C(=O)N(C4CCC(=O)NC4=O)C5=O)CC3)nc2)C(C)(C)[C@H]1Oc1ccc(C#N)c(C(F)(F)F)c1. The number of nitrogens with one attached hydrogen (secondary N) is 2. The molecule has 0 radical (unpaired) electrons. The molecular formula is C42H44F3N7O6. The van der Waals surface area contributed by atoms with Crippen molar-refractivity contribution in [2.45, 2.75) is 77.7 Å². The molecule has 2 aromatic carbocycles. The van der Waals surface area contributed by atoms with Crippen LogP contribution in [0.15, 0.2) is 54.7 Å². The summed E-state index contributed by atoms with van der Waals surface area (Å²) < 4.78 is 46.8. The summed E-state index contributed by atoms with van der Waals surface area (Å²) in [5.74, 6) is -2.43. The van der Waals surface area contributed by atoms with Gasteiger partial charge in [-0.25, -0.2) is 0 Å². The second-order valence-electron chi connectivity index (χ2n) is 16.5. The predicted octanol–water partition coefficient (Wildman–Crippen LogP) is 4.74. The number of ether oxygens (including phenoxy) is 1. The molecule has 1 aromatic heterocycles. The number of alkyl halides is 3. The molecule has 5 amide bonds. The van der Waals surface area contributed by atoms with Crippen molar-refractivity contribution in [3.8, 4) is 11.8 Å². The standard InChI is InChI=1S/C42H44F3N7O6/c1-40(2)38(41(3,4)39(40)58-28-11-8-24(22-46)31(21-28)42(43,44)45)49-34(54)25-7-9-26(47-23-25)6-5-15-50-16-18-51(19-17-50)27-10-12-29-30(20-27)37(57)52(36(29)56)32-13-14-33(53)48-35(32)55/h7-12,20-21,23,32,38-39H,5-6,13-19H2,1-4H3,(H,49,54)(H,48,53,55)/t32?,38-,39-. The largest absolute Gasteiger partial charge is 0.489 e. The van der Waals surface area contributed by atoms with Gasteiger partial charge in [0, 0.05) is 67.0 Å². The van der Waals surface area contributed by atoms with E-state index < -0.39 is 63.9 Å². The lowest BCUT2D eigenvalue weighted by atomic mass is 9.49. The third kappa shape index (κ3) is 7.50. The minimum absolute atomic E-state index is 0.000422. The number of nitrogens with zero attached hydrogens (tertiary/aromatic N) is 5. The molecule has 1 unspecified atom stereocenters. The summed E-state index contributed by atoms with van der Waals surface area (Å²) in [6, 6.07) is 12.2. The van der Waals surface area contributed by atoms with Crippen molar-refractivity contribution >= 4 is 35.2 Å². The summed E-state index contributed by atoms with van der Waals surface area (Å²) in [5, 5.41) is 14.4. The summed E-state index contributed by atoms with van der Waals surface area (Å²) in [4.78, 5) is 73.7. The van der Waals surface area contributed by atoms with Gasteiger partial charge >= 0.3 is 6.18 Å². The normalized spacial score (nSPS) is 22.8. The Bertz CT molecular complexity index is 2190. The van der Waals surface area contributed by atoms with Gasteiger partial charge in [-0.2, -0.15) is 18.4 Å². The van der Waals surface area contributed by atoms with Crippen LogP contribution in [0.3, 0.4) is 0 Å². The van der Waals surface area contributed by atoms with Gasteiger partial charge in [0.1, 0.15) is 17.9 Å². The summed E-state index contributed by atoms with van der Waals surface area (Å²) in [7, 11) is 0. The lowest BCUT2D eigenvalue weighted by Crippen LogP contribution is -2.74. The van der Waals surface area contributed by atoms with Crippen molar-refractivity contribution in [1.82, 2.24) is 25.4 Å². The van der Waals surface area contributed by atoms with E-state index in [0.717, 1.165) is 67.6 Å². The zero-order valence-electron chi connectivity index (χ0n) is 32.6. The average Bonchev–Trinajstić information content (AvgIpc) is 3.43. The molecule has 4 aliphatic rings. The second kappa shape index (κ2) is 15.2. The summed E-state index contributed by atoms with van der Waals surface area (Å²) in [6.45, 7) is 11.4. The Morgan fingerprint density at radius 3 is 2.31 bits per heavy atom. The Morgan fingerprint density at radius 2 is 1.67 bits per heavy atom. The molecular weight excluding hydrogens is 755 g/mol. The summed E-state index contributed by atoms with van der Waals surface area (Å²) >= 11 is 0. The number of hydrogen-bond donors (Lipinski definition) is 2. The molecule has 0 spiro atoms. The van der Waals surface area contributed by atoms with Crippen molar-refractivity contribution in [1.29, 1.82) is 5.26 Å². The third-order valence-electron chi connectivity index (χ3n) is 11.9. The van der Waals surface area contributed by atoms with Crippen LogP contribution in [-0.4, -0.2) is 95.2 Å². The number of nitriles is 1. The van der Waals surface area contributed by atoms with E-state index in [-0.39, 0.29) is 41.7 Å². The van der Waals surface area contributed by atoms with Crippen LogP contribution < -0.4 is 20.3 Å². The van der Waals surface area contributed by atoms with E-state index in [4.69, 9.17) is 10.00 Å². The van der Waals surface area contributed by atoms with E-state index in [1.54, 1.807) is 30.5 Å². The van der Waals surface area contributed by atoms with E-state index in [1.165, 1.54) is 6.07 Å². The minimum atomic E-state index is -4.71. The molecule has 2 N–H and O–H groups in total. The number of piperazine rings is 1. The number of benzene rings is 2. The van der Waals surface area contributed by atoms with E-state index >= 15 is 0 Å². The first-order chi connectivity index (χ1) is 27.4. The molecule has 4 heterocycles. The molecule has 16 heteroatoms. The monoisotopic (exact) mass is 799 g/mol. The van der Waals surface area contributed by atoms with Crippen LogP contribution in [0.2, 0.25) is 0 Å². The Morgan fingerprint density at radius 1 is 0.966 bits per heavy atom. The summed E-state index contributed by atoms with van der Waals surface area (Å²) in [5.41, 5.74) is -0.238. The number of anilines is 1. The van der Waals surface area contributed by atoms with Crippen LogP contribution in [0.5, 0.6) is 5.75 Å². The molecule has 1 aliphatic carbocycles. The molecule has 3 aromatic rings. The fourth-order valence-electron chi connectivity index (χ4n) is 9.15. The molecule has 1 saturated carbocycles. The second-order valence-corrected chi connectivity index (χ2v) is 16.5. The molecule has 3 fully saturated rings. The first-order valence-electron chi connectivity index (χ1n) is 19.3. The number of aryl methyl sites for hydroxylation is 1. The quantitative estimate of drug-likeness (QED) is 0.274. The summed E-state index contributed by atoms with van der Waals surface area (Å²) in [6.07, 6.45) is -1.97. The number of hydrogen-bond acceptors (Lipinski definition) is 10. The Balaban J connectivity index is 0.871. The lowest BCUT2D eigenvalue weighted by Gasteiger charge is -2.63. The zero-order chi connectivity index (χ0) is 41.7. The first kappa shape index (κ1) is 40.4. The van der Waals surface area contributed by atoms with Crippen molar-refractivity contribution in [3.63, 3.8) is 0 Å². The molecule has 13 nitrogen and oxygen atoms in total. The Hall–Kier alpha value is -5.82. The number of fused-ring (bicyclic) bond motifs is 1. The van der Waals surface area contributed by atoms with Crippen LogP contribution in [-0.2, 0) is 22.2 Å². The maximum absolute atomic E-state index is 13.6. The molecule has 7 rings (SSSR count). The smallest absolute Gasteiger partial charge is 0.417 e. The molecule has 1 atom stereocenters. The number of piperidine rings is 1. The zero-order valence-corrected chi connectivity index (χ0v) is 32.6. The van der Waals surface area contributed by atoms with Gasteiger partial charge in [-0.3, -0.25) is 44.1 Å². The van der Waals surface area contributed by atoms with Gasteiger partial charge in [0.15, 0.2) is 0 Å². The number of carbonyl (C=O) groups is 5. The lowest BCUT2D eigenvalue weighted by molar-refractivity contribution is -0.164. The Kier molecular flexibility index (Phi) is 10.6. The third-order valence-corrected chi connectivity index (χ3v) is 11.9. The topological polar surface area (TPSA) is 165 Å². The number of rotatable bonds is 10. The molecule has 304 valence electrons. The number of pyridine rings is 1. The number of amides is 5. The maximum Gasteiger partial charge on any atom is 0.417 e. The first-order valence-corrected chi connectivity index (χ1v) is 19.3. The van der Waals surface area contributed by atoms with E-state index in [0.29, 0.717) is 12.0 Å². The van der Waals surface area contributed by atoms with E-state index in [9.17, 15) is 37.1 Å². The molecule has 2 saturated heterocycles. The van der Waals surface area contributed by atoms with Crippen LogP contribution in [0.4, 0.5) is 18.9 Å². The minimum Gasteiger partial charge on any atom is -0.489 e. The van der Waals surface area contributed by atoms with Gasteiger partial charge in [0.25, 0.3) is 17.7 Å². The van der Waals surface area contributed by atoms with Gasteiger partial charge in [0.2, 0.25) is 11.8 Å². The van der Waals surface area contributed by atoms with Gasteiger partial charge in [-0.05, 0) is 74.3 Å². The highest BCUT2D eigenvalue weighted by atomic mass is 19.4. The molecule has 0 bridgehead atoms. The van der Waals surface area contributed by atoms with Gasteiger partial charge in [-0.1, -0.05) is 27.7 Å². The van der Waals surface area contributed by atoms with Gasteiger partial charge in [-0.15, -0.1) is 0 Å². The predicted molar refractivity (Wildman–Crippen MR) is 204 cm³/mol. The number of carbonyl (C=O) groups excluding carboxylic acids is 5. The van der Waals surface area contributed by atoms with Crippen LogP contribution in [0.25, 0.3) is 0 Å². The van der Waals surface area contributed by atoms with E-state index in [2.05, 4.69) is 25.4 Å². The average molecular weight is 800 g/mol. The number of halogens is 3. The van der Waals surface area contributed by atoms with Gasteiger partial charge in [0.05, 0.1) is 33.9 Å². The van der Waals surface area contributed by atoms with Gasteiger partial charge < -0.3 is 15.0 Å². The molecule has 58 heavy (non-hydrogen) atoms. The van der Waals surface area contributed by atoms with Crippen molar-refractivity contribution in [2.24, 2.45) is 10.8 Å². The maximum atomic E-state index is 13.6. The van der Waals surface area contributed by atoms with Crippen molar-refractivity contribution in [3.05, 3.63) is 88.2 Å². The number of aromatic nitrogens is 1. The van der Waals surface area contributed by atoms with Crippen LogP contribution in [0, 0.1) is 22.2 Å². The van der Waals surface area contributed by atoms with Crippen LogP contribution in [0.1, 0.15) is 94.9 Å². The highest BCUT2D eigenvalue weighted by Gasteiger charge is 2.64. The fraction of sp³-hybridized carbons (Fsp3) is 0.452. The van der Waals surface area contributed by atoms with E-state index in [1.807, 2.05) is 39.8 Å². The number of imide groups is 2. The highest BCUT2D eigenvalue weighted by molar-refractivity contribution is 6.23. The Labute approximate surface area is 333 Å². The highest BCUT2D eigenvalue weighted by Crippen LogP contribution is 2.55. The van der Waals surface area contributed by atoms with Crippen molar-refractivity contribution in [2.75, 3.05) is 37.6 Å². The fourth-order valence-corrected chi connectivity index (χ4v) is 9.15. The van der Waals surface area contributed by atoms with Crippen molar-refractivity contribution < 1.29 is 41.9 Å².